The molecule has 1 aromatic heterocycles. The number of thioether (sulfide) groups is 1. The summed E-state index contributed by atoms with van der Waals surface area (Å²) in [5.74, 6) is 1.76. The van der Waals surface area contributed by atoms with Crippen LogP contribution in [0.5, 0.6) is 0 Å². The minimum Gasteiger partial charge on any atom is -0.363 e. The van der Waals surface area contributed by atoms with E-state index in [2.05, 4.69) is 57.9 Å². The highest BCUT2D eigenvalue weighted by atomic mass is 32.2. The van der Waals surface area contributed by atoms with Crippen LogP contribution in [0.2, 0.25) is 0 Å². The summed E-state index contributed by atoms with van der Waals surface area (Å²) in [5, 5.41) is 7.19. The third-order valence-electron chi connectivity index (χ3n) is 3.59. The molecule has 0 aliphatic rings. The quantitative estimate of drug-likeness (QED) is 0.453. The van der Waals surface area contributed by atoms with Gasteiger partial charge in [-0.1, -0.05) is 25.1 Å². The fourth-order valence-electron chi connectivity index (χ4n) is 2.23. The van der Waals surface area contributed by atoms with E-state index in [1.54, 1.807) is 7.05 Å². The monoisotopic (exact) mass is 357 g/mol. The van der Waals surface area contributed by atoms with Crippen molar-refractivity contribution in [2.24, 2.45) is 4.99 Å². The maximum atomic E-state index is 4.34. The predicted molar refractivity (Wildman–Crippen MR) is 109 cm³/mol. The van der Waals surface area contributed by atoms with Gasteiger partial charge in [0.2, 0.25) is 0 Å². The summed E-state index contributed by atoms with van der Waals surface area (Å²) in [6.45, 7) is 3.77. The first-order valence-corrected chi connectivity index (χ1v) is 9.25. The molecule has 0 saturated carbocycles. The van der Waals surface area contributed by atoms with Crippen LogP contribution in [0.25, 0.3) is 0 Å². The van der Waals surface area contributed by atoms with Gasteiger partial charge in [0.1, 0.15) is 5.82 Å². The molecule has 0 saturated heterocycles. The molecule has 6 heteroatoms. The van der Waals surface area contributed by atoms with Crippen LogP contribution < -0.4 is 15.5 Å². The Morgan fingerprint density at radius 3 is 2.64 bits per heavy atom. The van der Waals surface area contributed by atoms with Crippen LogP contribution in [0.3, 0.4) is 0 Å². The predicted octanol–water partition coefficient (Wildman–Crippen LogP) is 2.99. The summed E-state index contributed by atoms with van der Waals surface area (Å²) in [7, 11) is 5.78. The molecule has 134 valence electrons. The summed E-state index contributed by atoms with van der Waals surface area (Å²) in [6, 6.07) is 14.5. The molecule has 1 unspecified atom stereocenters. The van der Waals surface area contributed by atoms with E-state index in [1.165, 1.54) is 10.5 Å². The van der Waals surface area contributed by atoms with E-state index in [-0.39, 0.29) is 0 Å². The number of guanidine groups is 1. The van der Waals surface area contributed by atoms with Crippen LogP contribution in [-0.4, -0.2) is 43.9 Å². The normalized spacial score (nSPS) is 12.6. The molecule has 0 aliphatic heterocycles. The van der Waals surface area contributed by atoms with Gasteiger partial charge in [-0.15, -0.1) is 11.8 Å². The van der Waals surface area contributed by atoms with Gasteiger partial charge in [-0.2, -0.15) is 0 Å². The van der Waals surface area contributed by atoms with Gasteiger partial charge in [-0.05, 0) is 29.8 Å². The number of hydrogen-bond donors (Lipinski definition) is 2. The minimum atomic E-state index is 0.446. The Morgan fingerprint density at radius 2 is 1.96 bits per heavy atom. The molecule has 0 spiro atoms. The highest BCUT2D eigenvalue weighted by molar-refractivity contribution is 8.00. The molecule has 1 aromatic carbocycles. The molecule has 0 radical (unpaired) electrons. The van der Waals surface area contributed by atoms with Gasteiger partial charge in [-0.3, -0.25) is 4.99 Å². The van der Waals surface area contributed by atoms with Crippen LogP contribution in [0.1, 0.15) is 12.5 Å². The molecular weight excluding hydrogens is 330 g/mol. The lowest BCUT2D eigenvalue weighted by Crippen LogP contribution is -2.39. The van der Waals surface area contributed by atoms with E-state index >= 15 is 0 Å². The SMILES string of the molecule is CN=C(NCc1ccnc(N(C)C)c1)NCC(C)Sc1ccccc1. The molecule has 1 atom stereocenters. The first-order valence-electron chi connectivity index (χ1n) is 8.37. The summed E-state index contributed by atoms with van der Waals surface area (Å²) in [5.41, 5.74) is 1.17. The van der Waals surface area contributed by atoms with E-state index in [0.29, 0.717) is 11.8 Å². The minimum absolute atomic E-state index is 0.446. The van der Waals surface area contributed by atoms with Crippen molar-refractivity contribution in [1.29, 1.82) is 0 Å². The maximum absolute atomic E-state index is 4.34. The van der Waals surface area contributed by atoms with Gasteiger partial charge in [0.15, 0.2) is 5.96 Å². The number of anilines is 1. The standard InChI is InChI=1S/C19H27N5S/c1-15(25-17-8-6-5-7-9-17)13-22-19(20-2)23-14-16-10-11-21-18(12-16)24(3)4/h5-12,15H,13-14H2,1-4H3,(H2,20,22,23). The van der Waals surface area contributed by atoms with Crippen LogP contribution in [0.15, 0.2) is 58.5 Å². The average molecular weight is 358 g/mol. The number of pyridine rings is 1. The highest BCUT2D eigenvalue weighted by Crippen LogP contribution is 2.21. The largest absolute Gasteiger partial charge is 0.363 e. The van der Waals surface area contributed by atoms with Crippen LogP contribution in [0, 0.1) is 0 Å². The first kappa shape index (κ1) is 19.1. The zero-order valence-electron chi connectivity index (χ0n) is 15.4. The second-order valence-electron chi connectivity index (χ2n) is 5.96. The third-order valence-corrected chi connectivity index (χ3v) is 4.70. The number of benzene rings is 1. The number of aliphatic imine (C=N–C) groups is 1. The number of nitrogens with zero attached hydrogens (tertiary/aromatic N) is 3. The maximum Gasteiger partial charge on any atom is 0.191 e. The van der Waals surface area contributed by atoms with Crippen molar-refractivity contribution < 1.29 is 0 Å². The zero-order chi connectivity index (χ0) is 18.1. The second-order valence-corrected chi connectivity index (χ2v) is 7.48. The average Bonchev–Trinajstić information content (AvgIpc) is 2.63. The van der Waals surface area contributed by atoms with Crippen molar-refractivity contribution in [3.8, 4) is 0 Å². The van der Waals surface area contributed by atoms with Crippen molar-refractivity contribution in [2.45, 2.75) is 23.6 Å². The van der Waals surface area contributed by atoms with Crippen molar-refractivity contribution in [1.82, 2.24) is 15.6 Å². The fraction of sp³-hybridized carbons (Fsp3) is 0.368. The van der Waals surface area contributed by atoms with Crippen molar-refractivity contribution in [2.75, 3.05) is 32.6 Å². The smallest absolute Gasteiger partial charge is 0.191 e. The Labute approximate surface area is 155 Å². The Hall–Kier alpha value is -2.21. The topological polar surface area (TPSA) is 52.6 Å². The van der Waals surface area contributed by atoms with Crippen molar-refractivity contribution in [3.05, 3.63) is 54.2 Å². The van der Waals surface area contributed by atoms with Crippen LogP contribution in [-0.2, 0) is 6.54 Å². The molecule has 2 aromatic rings. The number of hydrogen-bond acceptors (Lipinski definition) is 4. The molecule has 0 bridgehead atoms. The zero-order valence-corrected chi connectivity index (χ0v) is 16.2. The van der Waals surface area contributed by atoms with Gasteiger partial charge in [0.05, 0.1) is 0 Å². The lowest BCUT2D eigenvalue weighted by atomic mass is 10.2. The molecule has 0 fully saturated rings. The molecule has 1 heterocycles. The van der Waals surface area contributed by atoms with Crippen molar-refractivity contribution in [3.63, 3.8) is 0 Å². The summed E-state index contributed by atoms with van der Waals surface area (Å²) < 4.78 is 0. The van der Waals surface area contributed by atoms with Gasteiger partial charge in [0, 0.05) is 50.6 Å². The molecule has 2 rings (SSSR count). The number of nitrogens with one attached hydrogen (secondary N) is 2. The lowest BCUT2D eigenvalue weighted by molar-refractivity contribution is 0.789. The number of aromatic nitrogens is 1. The van der Waals surface area contributed by atoms with E-state index in [4.69, 9.17) is 0 Å². The van der Waals surface area contributed by atoms with Gasteiger partial charge in [0.25, 0.3) is 0 Å². The second kappa shape index (κ2) is 9.93. The highest BCUT2D eigenvalue weighted by Gasteiger charge is 2.06. The van der Waals surface area contributed by atoms with E-state index in [0.717, 1.165) is 18.3 Å². The van der Waals surface area contributed by atoms with Crippen LogP contribution in [0.4, 0.5) is 5.82 Å². The molecule has 0 aliphatic carbocycles. The summed E-state index contributed by atoms with van der Waals surface area (Å²) in [6.07, 6.45) is 1.83. The number of rotatable bonds is 7. The Kier molecular flexibility index (Phi) is 7.60. The molecule has 25 heavy (non-hydrogen) atoms. The summed E-state index contributed by atoms with van der Waals surface area (Å²) >= 11 is 1.86. The first-order chi connectivity index (χ1) is 12.1. The van der Waals surface area contributed by atoms with Gasteiger partial charge >= 0.3 is 0 Å². The van der Waals surface area contributed by atoms with E-state index < -0.39 is 0 Å². The Bertz CT molecular complexity index is 673. The van der Waals surface area contributed by atoms with E-state index in [9.17, 15) is 0 Å². The van der Waals surface area contributed by atoms with E-state index in [1.807, 2.05) is 49.1 Å². The molecule has 2 N–H and O–H groups in total. The van der Waals surface area contributed by atoms with Crippen molar-refractivity contribution >= 4 is 23.5 Å². The fourth-order valence-corrected chi connectivity index (χ4v) is 3.18. The summed E-state index contributed by atoms with van der Waals surface area (Å²) in [4.78, 5) is 11.9. The molecular formula is C19H27N5S. The lowest BCUT2D eigenvalue weighted by Gasteiger charge is -2.16. The van der Waals surface area contributed by atoms with Crippen LogP contribution >= 0.6 is 11.8 Å². The van der Waals surface area contributed by atoms with Gasteiger partial charge in [-0.25, -0.2) is 4.98 Å². The third kappa shape index (κ3) is 6.66. The molecule has 0 amide bonds. The Balaban J connectivity index is 1.79. The Morgan fingerprint density at radius 1 is 1.20 bits per heavy atom. The molecule has 5 nitrogen and oxygen atoms in total. The van der Waals surface area contributed by atoms with Gasteiger partial charge < -0.3 is 15.5 Å².